The number of aryl methyl sites for hydroxylation is 3. The van der Waals surface area contributed by atoms with E-state index in [2.05, 4.69) is 53.1 Å². The summed E-state index contributed by atoms with van der Waals surface area (Å²) in [5.74, 6) is 1.84. The van der Waals surface area contributed by atoms with Gasteiger partial charge < -0.3 is 15.1 Å². The van der Waals surface area contributed by atoms with Crippen molar-refractivity contribution in [3.05, 3.63) is 77.0 Å². The van der Waals surface area contributed by atoms with Gasteiger partial charge in [0.25, 0.3) is 0 Å². The van der Waals surface area contributed by atoms with E-state index in [0.29, 0.717) is 12.6 Å². The van der Waals surface area contributed by atoms with Crippen molar-refractivity contribution < 1.29 is 4.42 Å². The van der Waals surface area contributed by atoms with Crippen molar-refractivity contribution in [2.45, 2.75) is 51.6 Å². The molecule has 3 aromatic rings. The maximum absolute atomic E-state index is 5.46. The van der Waals surface area contributed by atoms with Gasteiger partial charge >= 0.3 is 0 Å². The first-order valence-corrected chi connectivity index (χ1v) is 10.9. The summed E-state index contributed by atoms with van der Waals surface area (Å²) in [6.07, 6.45) is 8.78. The van der Waals surface area contributed by atoms with E-state index in [4.69, 9.17) is 9.41 Å². The number of aromatic nitrogens is 2. The molecule has 1 aliphatic carbocycles. The second-order valence-corrected chi connectivity index (χ2v) is 7.90. The van der Waals surface area contributed by atoms with Crippen molar-refractivity contribution in [1.82, 2.24) is 20.4 Å². The summed E-state index contributed by atoms with van der Waals surface area (Å²) in [5.41, 5.74) is 5.21. The summed E-state index contributed by atoms with van der Waals surface area (Å²) in [5, 5.41) is 11.7. The van der Waals surface area contributed by atoms with Crippen LogP contribution in [0.4, 0.5) is 0 Å². The molecule has 0 spiro atoms. The Bertz CT molecular complexity index is 973. The van der Waals surface area contributed by atoms with E-state index in [1.54, 1.807) is 6.26 Å². The van der Waals surface area contributed by atoms with Crippen LogP contribution < -0.4 is 10.6 Å². The maximum Gasteiger partial charge on any atom is 0.191 e. The molecular weight excluding hydrogens is 374 g/mol. The molecule has 2 aromatic heterocycles. The van der Waals surface area contributed by atoms with Crippen LogP contribution >= 0.6 is 0 Å². The normalized spacial score (nSPS) is 16.3. The zero-order valence-electron chi connectivity index (χ0n) is 17.9. The SMILES string of the molecule is CCc1nn(C)cc1CN=C(NCCc1ccco1)NC1CCc2ccccc2C1. The van der Waals surface area contributed by atoms with Gasteiger partial charge in [-0.15, -0.1) is 0 Å². The fourth-order valence-corrected chi connectivity index (χ4v) is 4.10. The van der Waals surface area contributed by atoms with Crippen LogP contribution in [0.3, 0.4) is 0 Å². The van der Waals surface area contributed by atoms with E-state index in [1.807, 2.05) is 23.9 Å². The Morgan fingerprint density at radius 3 is 2.90 bits per heavy atom. The molecule has 0 bridgehead atoms. The minimum absolute atomic E-state index is 0.384. The largest absolute Gasteiger partial charge is 0.469 e. The van der Waals surface area contributed by atoms with Gasteiger partial charge in [0.2, 0.25) is 0 Å². The summed E-state index contributed by atoms with van der Waals surface area (Å²) >= 11 is 0. The first-order chi connectivity index (χ1) is 14.7. The highest BCUT2D eigenvalue weighted by atomic mass is 16.3. The standard InChI is InChI=1S/C24H31N5O/c1-3-23-20(17-29(2)28-23)16-26-24(25-13-12-22-9-6-14-30-22)27-21-11-10-18-7-4-5-8-19(18)15-21/h4-9,14,17,21H,3,10-13,15-16H2,1-2H3,(H2,25,26,27). The van der Waals surface area contributed by atoms with E-state index >= 15 is 0 Å². The van der Waals surface area contributed by atoms with Gasteiger partial charge in [-0.1, -0.05) is 31.2 Å². The lowest BCUT2D eigenvalue weighted by Crippen LogP contribution is -2.46. The first-order valence-electron chi connectivity index (χ1n) is 10.9. The van der Waals surface area contributed by atoms with Crippen LogP contribution in [0.5, 0.6) is 0 Å². The minimum atomic E-state index is 0.384. The maximum atomic E-state index is 5.46. The molecule has 4 rings (SSSR count). The molecule has 1 aromatic carbocycles. The number of rotatable bonds is 7. The molecule has 6 heteroatoms. The highest BCUT2D eigenvalue weighted by Crippen LogP contribution is 2.21. The average Bonchev–Trinajstić information content (AvgIpc) is 3.41. The number of furan rings is 1. The monoisotopic (exact) mass is 405 g/mol. The lowest BCUT2D eigenvalue weighted by Gasteiger charge is -2.27. The zero-order chi connectivity index (χ0) is 20.8. The first kappa shape index (κ1) is 20.3. The van der Waals surface area contributed by atoms with Crippen LogP contribution in [-0.2, 0) is 39.3 Å². The quantitative estimate of drug-likeness (QED) is 0.467. The van der Waals surface area contributed by atoms with Gasteiger partial charge in [0.05, 0.1) is 18.5 Å². The number of hydrogen-bond acceptors (Lipinski definition) is 3. The van der Waals surface area contributed by atoms with Crippen molar-refractivity contribution >= 4 is 5.96 Å². The van der Waals surface area contributed by atoms with Crippen LogP contribution in [0.1, 0.15) is 41.5 Å². The van der Waals surface area contributed by atoms with Gasteiger partial charge in [0, 0.05) is 37.8 Å². The lowest BCUT2D eigenvalue weighted by molar-refractivity contribution is 0.501. The molecule has 158 valence electrons. The third-order valence-corrected chi connectivity index (χ3v) is 5.67. The van der Waals surface area contributed by atoms with Crippen LogP contribution in [0.15, 0.2) is 58.3 Å². The van der Waals surface area contributed by atoms with Crippen LogP contribution in [-0.4, -0.2) is 28.3 Å². The summed E-state index contributed by atoms with van der Waals surface area (Å²) < 4.78 is 7.33. The molecule has 0 fully saturated rings. The van der Waals surface area contributed by atoms with Crippen LogP contribution in [0.25, 0.3) is 0 Å². The second kappa shape index (κ2) is 9.65. The molecule has 1 unspecified atom stereocenters. The molecule has 2 N–H and O–H groups in total. The van der Waals surface area contributed by atoms with Gasteiger partial charge in [-0.3, -0.25) is 4.68 Å². The molecular formula is C24H31N5O. The third kappa shape index (κ3) is 5.12. The molecule has 2 heterocycles. The van der Waals surface area contributed by atoms with Crippen molar-refractivity contribution in [2.75, 3.05) is 6.54 Å². The van der Waals surface area contributed by atoms with E-state index in [0.717, 1.165) is 56.1 Å². The predicted molar refractivity (Wildman–Crippen MR) is 120 cm³/mol. The van der Waals surface area contributed by atoms with Gasteiger partial charge in [0.15, 0.2) is 5.96 Å². The minimum Gasteiger partial charge on any atom is -0.469 e. The number of nitrogens with one attached hydrogen (secondary N) is 2. The summed E-state index contributed by atoms with van der Waals surface area (Å²) in [4.78, 5) is 4.90. The van der Waals surface area contributed by atoms with Crippen LogP contribution in [0.2, 0.25) is 0 Å². The fraction of sp³-hybridized carbons (Fsp3) is 0.417. The lowest BCUT2D eigenvalue weighted by atomic mass is 9.88. The van der Waals surface area contributed by atoms with Gasteiger partial charge in [-0.05, 0) is 48.9 Å². The molecule has 1 atom stereocenters. The molecule has 0 saturated heterocycles. The topological polar surface area (TPSA) is 67.4 Å². The number of nitrogens with zero attached hydrogens (tertiary/aromatic N) is 3. The Labute approximate surface area is 178 Å². The number of aliphatic imine (C=N–C) groups is 1. The second-order valence-electron chi connectivity index (χ2n) is 7.90. The predicted octanol–water partition coefficient (Wildman–Crippen LogP) is 3.41. The highest BCUT2D eigenvalue weighted by Gasteiger charge is 2.19. The van der Waals surface area contributed by atoms with Crippen molar-refractivity contribution in [2.24, 2.45) is 12.0 Å². The Balaban J connectivity index is 1.43. The fourth-order valence-electron chi connectivity index (χ4n) is 4.10. The van der Waals surface area contributed by atoms with E-state index < -0.39 is 0 Å². The third-order valence-electron chi connectivity index (χ3n) is 5.67. The summed E-state index contributed by atoms with van der Waals surface area (Å²) in [7, 11) is 1.96. The highest BCUT2D eigenvalue weighted by molar-refractivity contribution is 5.80. The Morgan fingerprint density at radius 2 is 2.10 bits per heavy atom. The average molecular weight is 406 g/mol. The molecule has 1 aliphatic rings. The smallest absolute Gasteiger partial charge is 0.191 e. The van der Waals surface area contributed by atoms with E-state index in [1.165, 1.54) is 16.7 Å². The number of hydrogen-bond donors (Lipinski definition) is 2. The summed E-state index contributed by atoms with van der Waals surface area (Å²) in [6.45, 7) is 3.53. The zero-order valence-corrected chi connectivity index (χ0v) is 17.9. The molecule has 30 heavy (non-hydrogen) atoms. The number of guanidine groups is 1. The number of benzene rings is 1. The van der Waals surface area contributed by atoms with Gasteiger partial charge in [-0.25, -0.2) is 4.99 Å². The van der Waals surface area contributed by atoms with Gasteiger partial charge in [-0.2, -0.15) is 5.10 Å². The Morgan fingerprint density at radius 1 is 1.23 bits per heavy atom. The Hall–Kier alpha value is -3.02. The molecule has 0 radical (unpaired) electrons. The van der Waals surface area contributed by atoms with E-state index in [-0.39, 0.29) is 0 Å². The number of fused-ring (bicyclic) bond motifs is 1. The van der Waals surface area contributed by atoms with Crippen LogP contribution in [0, 0.1) is 0 Å². The molecule has 0 amide bonds. The van der Waals surface area contributed by atoms with Gasteiger partial charge in [0.1, 0.15) is 5.76 Å². The van der Waals surface area contributed by atoms with Crippen molar-refractivity contribution in [3.63, 3.8) is 0 Å². The van der Waals surface area contributed by atoms with Crippen molar-refractivity contribution in [1.29, 1.82) is 0 Å². The van der Waals surface area contributed by atoms with E-state index in [9.17, 15) is 0 Å². The molecule has 6 nitrogen and oxygen atoms in total. The molecule has 0 saturated carbocycles. The summed E-state index contributed by atoms with van der Waals surface area (Å²) in [6, 6.07) is 13.1. The van der Waals surface area contributed by atoms with Crippen molar-refractivity contribution in [3.8, 4) is 0 Å². The molecule has 0 aliphatic heterocycles. The Kier molecular flexibility index (Phi) is 6.52.